The van der Waals surface area contributed by atoms with Crippen LogP contribution in [-0.2, 0) is 10.2 Å². The quantitative estimate of drug-likeness (QED) is 0.874. The Bertz CT molecular complexity index is 772. The van der Waals surface area contributed by atoms with Crippen LogP contribution >= 0.6 is 11.6 Å². The van der Waals surface area contributed by atoms with Crippen molar-refractivity contribution in [2.24, 2.45) is 11.1 Å². The zero-order chi connectivity index (χ0) is 19.0. The Kier molecular flexibility index (Phi) is 5.14. The highest BCUT2D eigenvalue weighted by Gasteiger charge is 2.36. The van der Waals surface area contributed by atoms with E-state index in [9.17, 15) is 4.79 Å². The minimum absolute atomic E-state index is 0.270. The van der Waals surface area contributed by atoms with Gasteiger partial charge in [0.1, 0.15) is 0 Å². The maximum Gasteiger partial charge on any atom is 0.405 e. The lowest BCUT2D eigenvalue weighted by atomic mass is 9.88. The highest BCUT2D eigenvalue weighted by atomic mass is 35.5. The molecule has 0 aliphatic carbocycles. The first-order valence-electron chi connectivity index (χ1n) is 8.09. The van der Waals surface area contributed by atoms with Crippen LogP contribution in [0.1, 0.15) is 59.3 Å². The second-order valence-electron chi connectivity index (χ2n) is 8.12. The van der Waals surface area contributed by atoms with Gasteiger partial charge in [0.25, 0.3) is 0 Å². The predicted octanol–water partition coefficient (Wildman–Crippen LogP) is 4.40. The van der Waals surface area contributed by atoms with E-state index in [-0.39, 0.29) is 5.41 Å². The number of carbonyl (C=O) groups is 1. The third-order valence-electron chi connectivity index (χ3n) is 3.61. The van der Waals surface area contributed by atoms with E-state index in [1.54, 1.807) is 16.8 Å². The second kappa shape index (κ2) is 6.67. The highest BCUT2D eigenvalue weighted by molar-refractivity contribution is 6.30. The van der Waals surface area contributed by atoms with Crippen LogP contribution in [0.5, 0.6) is 0 Å². The third-order valence-corrected chi connectivity index (χ3v) is 3.85. The number of aromatic nitrogens is 3. The molecule has 136 valence electrons. The number of halogens is 1. The number of carbonyl (C=O) groups excluding carboxylic acids is 1. The van der Waals surface area contributed by atoms with Crippen molar-refractivity contribution in [2.45, 2.75) is 53.1 Å². The van der Waals surface area contributed by atoms with E-state index < -0.39 is 17.6 Å². The molecule has 1 heterocycles. The number of nitrogens with two attached hydrogens (primary N) is 1. The molecular weight excluding hydrogens is 340 g/mol. The average molecular weight is 365 g/mol. The van der Waals surface area contributed by atoms with Crippen molar-refractivity contribution in [3.63, 3.8) is 0 Å². The molecule has 2 rings (SSSR count). The van der Waals surface area contributed by atoms with E-state index in [0.717, 1.165) is 5.69 Å². The first kappa shape index (κ1) is 19.2. The maximum atomic E-state index is 11.5. The molecule has 2 aromatic rings. The molecule has 1 unspecified atom stereocenters. The van der Waals surface area contributed by atoms with Gasteiger partial charge in [0, 0.05) is 15.9 Å². The van der Waals surface area contributed by atoms with Crippen molar-refractivity contribution in [3.8, 4) is 5.69 Å². The van der Waals surface area contributed by atoms with Gasteiger partial charge in [-0.3, -0.25) is 0 Å². The van der Waals surface area contributed by atoms with Crippen LogP contribution in [0.4, 0.5) is 4.79 Å². The van der Waals surface area contributed by atoms with Crippen molar-refractivity contribution in [2.75, 3.05) is 0 Å². The summed E-state index contributed by atoms with van der Waals surface area (Å²) in [5.41, 5.74) is 5.34. The first-order valence-corrected chi connectivity index (χ1v) is 8.47. The molecule has 0 spiro atoms. The van der Waals surface area contributed by atoms with Gasteiger partial charge in [0.05, 0.1) is 5.69 Å². The summed E-state index contributed by atoms with van der Waals surface area (Å²) in [6.07, 6.45) is -1.51. The van der Waals surface area contributed by atoms with Gasteiger partial charge in [-0.15, -0.1) is 0 Å². The molecular formula is C18H25ClN4O2. The zero-order valence-corrected chi connectivity index (χ0v) is 16.3. The summed E-state index contributed by atoms with van der Waals surface area (Å²) in [5.74, 6) is 1.16. The molecule has 0 aliphatic rings. The number of nitrogens with zero attached hydrogens (tertiary/aromatic N) is 3. The molecule has 1 amide bonds. The van der Waals surface area contributed by atoms with Crippen molar-refractivity contribution >= 4 is 17.7 Å². The Labute approximate surface area is 153 Å². The fourth-order valence-electron chi connectivity index (χ4n) is 2.34. The Morgan fingerprint density at radius 3 is 2.36 bits per heavy atom. The second-order valence-corrected chi connectivity index (χ2v) is 8.55. The van der Waals surface area contributed by atoms with Crippen LogP contribution in [0, 0.1) is 5.41 Å². The fourth-order valence-corrected chi connectivity index (χ4v) is 2.53. The van der Waals surface area contributed by atoms with Crippen LogP contribution < -0.4 is 5.73 Å². The molecule has 0 fully saturated rings. The van der Waals surface area contributed by atoms with Crippen molar-refractivity contribution < 1.29 is 9.53 Å². The number of hydrogen-bond donors (Lipinski definition) is 1. The van der Waals surface area contributed by atoms with Gasteiger partial charge in [0.2, 0.25) is 0 Å². The van der Waals surface area contributed by atoms with Crippen LogP contribution in [0.15, 0.2) is 24.3 Å². The lowest BCUT2D eigenvalue weighted by Gasteiger charge is -2.29. The van der Waals surface area contributed by atoms with Gasteiger partial charge in [-0.05, 0) is 18.2 Å². The molecule has 0 aliphatic heterocycles. The molecule has 0 saturated carbocycles. The molecule has 25 heavy (non-hydrogen) atoms. The molecule has 0 saturated heterocycles. The monoisotopic (exact) mass is 364 g/mol. The summed E-state index contributed by atoms with van der Waals surface area (Å²) in [6, 6.07) is 7.28. The summed E-state index contributed by atoms with van der Waals surface area (Å²) in [6.45, 7) is 11.9. The number of rotatable bonds is 3. The van der Waals surface area contributed by atoms with E-state index in [1.807, 2.05) is 53.7 Å². The van der Waals surface area contributed by atoms with E-state index >= 15 is 0 Å². The topological polar surface area (TPSA) is 83.0 Å². The van der Waals surface area contributed by atoms with Gasteiger partial charge >= 0.3 is 6.09 Å². The molecule has 1 aromatic carbocycles. The lowest BCUT2D eigenvalue weighted by molar-refractivity contribution is 0.0286. The molecule has 7 heteroatoms. The summed E-state index contributed by atoms with van der Waals surface area (Å²) in [5, 5.41) is 5.23. The molecule has 1 atom stereocenters. The van der Waals surface area contributed by atoms with Crippen molar-refractivity contribution in [1.82, 2.24) is 14.8 Å². The number of amides is 1. The SMILES string of the molecule is CC(C)(C)c1nc(C(OC(N)=O)C(C)(C)C)n(-c2cccc(Cl)c2)n1. The molecule has 2 N–H and O–H groups in total. The normalized spacial score (nSPS) is 13.6. The van der Waals surface area contributed by atoms with Crippen LogP contribution in [-0.4, -0.2) is 20.9 Å². The summed E-state index contributed by atoms with van der Waals surface area (Å²) in [4.78, 5) is 16.1. The highest BCUT2D eigenvalue weighted by Crippen LogP contribution is 2.37. The third kappa shape index (κ3) is 4.51. The Morgan fingerprint density at radius 2 is 1.88 bits per heavy atom. The van der Waals surface area contributed by atoms with Crippen molar-refractivity contribution in [1.29, 1.82) is 0 Å². The van der Waals surface area contributed by atoms with Gasteiger partial charge in [0.15, 0.2) is 17.8 Å². The van der Waals surface area contributed by atoms with Gasteiger partial charge in [-0.2, -0.15) is 5.10 Å². The minimum atomic E-state index is -0.849. The van der Waals surface area contributed by atoms with E-state index in [2.05, 4.69) is 10.1 Å². The summed E-state index contributed by atoms with van der Waals surface area (Å²) < 4.78 is 7.07. The smallest absolute Gasteiger partial charge is 0.405 e. The molecule has 6 nitrogen and oxygen atoms in total. The molecule has 0 radical (unpaired) electrons. The first-order chi connectivity index (χ1) is 11.4. The number of benzene rings is 1. The van der Waals surface area contributed by atoms with Crippen molar-refractivity contribution in [3.05, 3.63) is 40.9 Å². The van der Waals surface area contributed by atoms with Crippen LogP contribution in [0.3, 0.4) is 0 Å². The number of primary amides is 1. The summed E-state index contributed by atoms with van der Waals surface area (Å²) >= 11 is 6.13. The standard InChI is InChI=1S/C18H25ClN4O2/c1-17(2,3)13(25-16(20)24)14-21-15(18(4,5)6)22-23(14)12-9-7-8-11(19)10-12/h7-10,13H,1-6H3,(H2,20,24). The zero-order valence-electron chi connectivity index (χ0n) is 15.5. The lowest BCUT2D eigenvalue weighted by Crippen LogP contribution is -2.29. The Hall–Kier alpha value is -2.08. The van der Waals surface area contributed by atoms with Crippen LogP contribution in [0.2, 0.25) is 5.02 Å². The number of ether oxygens (including phenoxy) is 1. The fraction of sp³-hybridized carbons (Fsp3) is 0.500. The van der Waals surface area contributed by atoms with E-state index in [1.165, 1.54) is 0 Å². The molecule has 1 aromatic heterocycles. The van der Waals surface area contributed by atoms with Gasteiger partial charge in [-0.1, -0.05) is 59.2 Å². The van der Waals surface area contributed by atoms with Crippen LogP contribution in [0.25, 0.3) is 5.69 Å². The summed E-state index contributed by atoms with van der Waals surface area (Å²) in [7, 11) is 0. The number of hydrogen-bond acceptors (Lipinski definition) is 4. The Balaban J connectivity index is 2.69. The van der Waals surface area contributed by atoms with Gasteiger partial charge in [-0.25, -0.2) is 14.5 Å². The Morgan fingerprint density at radius 1 is 1.24 bits per heavy atom. The largest absolute Gasteiger partial charge is 0.438 e. The minimum Gasteiger partial charge on any atom is -0.438 e. The maximum absolute atomic E-state index is 11.5. The predicted molar refractivity (Wildman–Crippen MR) is 97.9 cm³/mol. The molecule has 0 bridgehead atoms. The average Bonchev–Trinajstić information content (AvgIpc) is 2.88. The van der Waals surface area contributed by atoms with E-state index in [0.29, 0.717) is 16.7 Å². The van der Waals surface area contributed by atoms with Gasteiger partial charge < -0.3 is 10.5 Å². The van der Waals surface area contributed by atoms with E-state index in [4.69, 9.17) is 22.1 Å².